The number of aryl methyl sites for hydroxylation is 4. The Morgan fingerprint density at radius 2 is 1.94 bits per heavy atom. The Morgan fingerprint density at radius 1 is 1.12 bits per heavy atom. The fourth-order valence-corrected chi connectivity index (χ4v) is 4.86. The van der Waals surface area contributed by atoms with Crippen LogP contribution in [0.4, 0.5) is 17.3 Å². The number of nitrogens with one attached hydrogen (secondary N) is 1. The molecule has 1 aromatic carbocycles. The largest absolute Gasteiger partial charge is 0.399 e. The van der Waals surface area contributed by atoms with Gasteiger partial charge in [-0.1, -0.05) is 19.4 Å². The van der Waals surface area contributed by atoms with Crippen molar-refractivity contribution in [3.8, 4) is 0 Å². The third-order valence-electron chi connectivity index (χ3n) is 6.90. The molecule has 2 aromatic heterocycles. The summed E-state index contributed by atoms with van der Waals surface area (Å²) in [6.45, 7) is 11.0. The van der Waals surface area contributed by atoms with Crippen molar-refractivity contribution in [2.45, 2.75) is 85.1 Å². The Balaban J connectivity index is 1.57. The first-order chi connectivity index (χ1) is 15.7. The van der Waals surface area contributed by atoms with Crippen LogP contribution in [0, 0.1) is 12.8 Å². The molecule has 2 heterocycles. The quantitative estimate of drug-likeness (QED) is 0.342. The standard InChI is InChI=1S/C28H39N5/c1-6-20-8-7-9-22-18-30-26(16-23(22)14-20)31-27-17-25(32-33(27)28(3,4)5)13-11-21-15-24(29)12-10-19(21)2/h10,12,15-18,20H,6-9,11,13-14,29H2,1-5H3,(H,30,31). The molecule has 3 aromatic rings. The molecular formula is C28H39N5. The maximum atomic E-state index is 6.01. The van der Waals surface area contributed by atoms with Crippen molar-refractivity contribution in [2.24, 2.45) is 5.92 Å². The van der Waals surface area contributed by atoms with Crippen LogP contribution in [0.1, 0.15) is 74.9 Å². The Kier molecular flexibility index (Phi) is 6.78. The second-order valence-electron chi connectivity index (χ2n) is 10.6. The van der Waals surface area contributed by atoms with Crippen LogP contribution in [0.15, 0.2) is 36.5 Å². The third-order valence-corrected chi connectivity index (χ3v) is 6.90. The molecule has 0 amide bonds. The van der Waals surface area contributed by atoms with E-state index in [1.807, 2.05) is 6.07 Å². The minimum atomic E-state index is -0.132. The monoisotopic (exact) mass is 445 g/mol. The molecule has 33 heavy (non-hydrogen) atoms. The number of hydrogen-bond acceptors (Lipinski definition) is 4. The van der Waals surface area contributed by atoms with E-state index in [1.54, 1.807) is 0 Å². The molecule has 0 saturated heterocycles. The minimum Gasteiger partial charge on any atom is -0.399 e. The lowest BCUT2D eigenvalue weighted by atomic mass is 9.95. The second kappa shape index (κ2) is 9.58. The van der Waals surface area contributed by atoms with E-state index in [0.717, 1.165) is 54.6 Å². The topological polar surface area (TPSA) is 68.8 Å². The summed E-state index contributed by atoms with van der Waals surface area (Å²) in [5.74, 6) is 2.69. The summed E-state index contributed by atoms with van der Waals surface area (Å²) in [6, 6.07) is 10.6. The molecule has 0 fully saturated rings. The number of nitrogen functional groups attached to an aromatic ring is 1. The number of rotatable bonds is 6. The molecule has 5 nitrogen and oxygen atoms in total. The molecule has 176 valence electrons. The van der Waals surface area contributed by atoms with Gasteiger partial charge in [-0.15, -0.1) is 0 Å². The van der Waals surface area contributed by atoms with Crippen molar-refractivity contribution in [3.05, 3.63) is 64.5 Å². The molecule has 0 aliphatic heterocycles. The van der Waals surface area contributed by atoms with Crippen LogP contribution in [-0.2, 0) is 31.2 Å². The van der Waals surface area contributed by atoms with Gasteiger partial charge in [0.25, 0.3) is 0 Å². The lowest BCUT2D eigenvalue weighted by Crippen LogP contribution is -2.24. The maximum Gasteiger partial charge on any atom is 0.131 e. The van der Waals surface area contributed by atoms with Gasteiger partial charge in [0.15, 0.2) is 0 Å². The highest BCUT2D eigenvalue weighted by Gasteiger charge is 2.21. The molecule has 0 spiro atoms. The van der Waals surface area contributed by atoms with Crippen LogP contribution in [0.2, 0.25) is 0 Å². The number of anilines is 3. The van der Waals surface area contributed by atoms with Crippen molar-refractivity contribution in [1.29, 1.82) is 0 Å². The van der Waals surface area contributed by atoms with Crippen LogP contribution >= 0.6 is 0 Å². The molecular weight excluding hydrogens is 406 g/mol. The Hall–Kier alpha value is -2.82. The normalized spacial score (nSPS) is 16.3. The van der Waals surface area contributed by atoms with Crippen molar-refractivity contribution in [2.75, 3.05) is 11.1 Å². The predicted molar refractivity (Wildman–Crippen MR) is 138 cm³/mol. The first-order valence-corrected chi connectivity index (χ1v) is 12.4. The van der Waals surface area contributed by atoms with Gasteiger partial charge in [0.05, 0.1) is 11.2 Å². The molecule has 1 aliphatic rings. The second-order valence-corrected chi connectivity index (χ2v) is 10.6. The summed E-state index contributed by atoms with van der Waals surface area (Å²) >= 11 is 0. The Labute approximate surface area is 198 Å². The number of hydrogen-bond donors (Lipinski definition) is 2. The van der Waals surface area contributed by atoms with E-state index in [0.29, 0.717) is 0 Å². The number of pyridine rings is 1. The van der Waals surface area contributed by atoms with Gasteiger partial charge in [-0.2, -0.15) is 5.10 Å². The van der Waals surface area contributed by atoms with Gasteiger partial charge in [0.2, 0.25) is 0 Å². The van der Waals surface area contributed by atoms with Crippen molar-refractivity contribution in [1.82, 2.24) is 14.8 Å². The summed E-state index contributed by atoms with van der Waals surface area (Å²) in [6.07, 6.45) is 10.0. The number of benzene rings is 1. The molecule has 3 N–H and O–H groups in total. The Bertz CT molecular complexity index is 1110. The smallest absolute Gasteiger partial charge is 0.131 e. The highest BCUT2D eigenvalue weighted by Crippen LogP contribution is 2.30. The Morgan fingerprint density at radius 3 is 2.70 bits per heavy atom. The molecule has 1 atom stereocenters. The summed E-state index contributed by atoms with van der Waals surface area (Å²) in [5, 5.41) is 8.56. The van der Waals surface area contributed by atoms with Crippen LogP contribution in [0.5, 0.6) is 0 Å². The fraction of sp³-hybridized carbons (Fsp3) is 0.500. The lowest BCUT2D eigenvalue weighted by molar-refractivity contribution is 0.358. The molecule has 1 aliphatic carbocycles. The SMILES string of the molecule is CCC1CCCc2cnc(Nc3cc(CCc4cc(N)ccc4C)nn3C(C)(C)C)cc2C1. The molecule has 1 unspecified atom stereocenters. The van der Waals surface area contributed by atoms with Gasteiger partial charge in [-0.25, -0.2) is 9.67 Å². The average Bonchev–Trinajstić information content (AvgIpc) is 3.06. The highest BCUT2D eigenvalue weighted by atomic mass is 15.4. The van der Waals surface area contributed by atoms with E-state index < -0.39 is 0 Å². The van der Waals surface area contributed by atoms with E-state index in [-0.39, 0.29) is 5.54 Å². The molecule has 0 saturated carbocycles. The van der Waals surface area contributed by atoms with E-state index in [1.165, 1.54) is 41.5 Å². The molecule has 0 bridgehead atoms. The van der Waals surface area contributed by atoms with E-state index in [2.05, 4.69) is 75.1 Å². The molecule has 5 heteroatoms. The van der Waals surface area contributed by atoms with Gasteiger partial charge in [-0.3, -0.25) is 0 Å². The minimum absolute atomic E-state index is 0.132. The summed E-state index contributed by atoms with van der Waals surface area (Å²) in [4.78, 5) is 4.76. The predicted octanol–water partition coefficient (Wildman–Crippen LogP) is 6.36. The molecule has 0 radical (unpaired) electrons. The summed E-state index contributed by atoms with van der Waals surface area (Å²) in [7, 11) is 0. The zero-order valence-corrected chi connectivity index (χ0v) is 20.9. The van der Waals surface area contributed by atoms with Gasteiger partial charge >= 0.3 is 0 Å². The number of nitrogens with two attached hydrogens (primary N) is 1. The number of aromatic nitrogens is 3. The maximum absolute atomic E-state index is 6.01. The highest BCUT2D eigenvalue weighted by molar-refractivity contribution is 5.55. The third kappa shape index (κ3) is 5.58. The summed E-state index contributed by atoms with van der Waals surface area (Å²) in [5.41, 5.74) is 13.2. The molecule has 4 rings (SSSR count). The lowest BCUT2D eigenvalue weighted by Gasteiger charge is -2.23. The van der Waals surface area contributed by atoms with Crippen LogP contribution in [-0.4, -0.2) is 14.8 Å². The fourth-order valence-electron chi connectivity index (χ4n) is 4.86. The van der Waals surface area contributed by atoms with Crippen molar-refractivity contribution < 1.29 is 0 Å². The zero-order chi connectivity index (χ0) is 23.6. The number of fused-ring (bicyclic) bond motifs is 1. The van der Waals surface area contributed by atoms with Gasteiger partial charge in [0.1, 0.15) is 11.6 Å². The first-order valence-electron chi connectivity index (χ1n) is 12.4. The van der Waals surface area contributed by atoms with E-state index in [9.17, 15) is 0 Å². The van der Waals surface area contributed by atoms with Gasteiger partial charge < -0.3 is 11.1 Å². The zero-order valence-electron chi connectivity index (χ0n) is 20.9. The number of nitrogens with zero attached hydrogens (tertiary/aromatic N) is 3. The average molecular weight is 446 g/mol. The van der Waals surface area contributed by atoms with Gasteiger partial charge in [-0.05, 0) is 113 Å². The first kappa shape index (κ1) is 23.3. The van der Waals surface area contributed by atoms with Crippen LogP contribution < -0.4 is 11.1 Å². The summed E-state index contributed by atoms with van der Waals surface area (Å²) < 4.78 is 2.09. The van der Waals surface area contributed by atoms with Crippen molar-refractivity contribution >= 4 is 17.3 Å². The van der Waals surface area contributed by atoms with Crippen molar-refractivity contribution in [3.63, 3.8) is 0 Å². The van der Waals surface area contributed by atoms with Gasteiger partial charge in [0, 0.05) is 18.0 Å². The van der Waals surface area contributed by atoms with Crippen LogP contribution in [0.25, 0.3) is 0 Å². The van der Waals surface area contributed by atoms with E-state index >= 15 is 0 Å². The van der Waals surface area contributed by atoms with Crippen LogP contribution in [0.3, 0.4) is 0 Å². The van der Waals surface area contributed by atoms with E-state index in [4.69, 9.17) is 15.8 Å².